The molecule has 0 aliphatic carbocycles. The summed E-state index contributed by atoms with van der Waals surface area (Å²) < 4.78 is 1.90. The van der Waals surface area contributed by atoms with Crippen molar-refractivity contribution >= 4 is 5.65 Å². The largest absolute Gasteiger partial charge is 0.504 e. The highest BCUT2D eigenvalue weighted by molar-refractivity contribution is 5.53. The summed E-state index contributed by atoms with van der Waals surface area (Å²) in [4.78, 5) is 4.10. The van der Waals surface area contributed by atoms with Crippen LogP contribution in [0, 0.1) is 0 Å². The lowest BCUT2D eigenvalue weighted by Crippen LogP contribution is -1.89. The lowest BCUT2D eigenvalue weighted by atomic mass is 10.3. The van der Waals surface area contributed by atoms with Crippen LogP contribution >= 0.6 is 0 Å². The highest BCUT2D eigenvalue weighted by atomic mass is 16.3. The number of aromatic hydroxyl groups is 1. The van der Waals surface area contributed by atoms with E-state index in [0.29, 0.717) is 5.65 Å². The maximum absolute atomic E-state index is 9.40. The van der Waals surface area contributed by atoms with Crippen LogP contribution in [0.25, 0.3) is 5.65 Å². The molecule has 2 aromatic rings. The molecule has 12 heavy (non-hydrogen) atoms. The molecular formula is C9H10N2O. The molecule has 2 aromatic heterocycles. The summed E-state index contributed by atoms with van der Waals surface area (Å²) in [5.41, 5.74) is 1.75. The molecule has 0 amide bonds. The van der Waals surface area contributed by atoms with E-state index in [0.717, 1.165) is 12.1 Å². The van der Waals surface area contributed by atoms with E-state index in [1.54, 1.807) is 12.3 Å². The number of hydrogen-bond acceptors (Lipinski definition) is 2. The number of aromatic nitrogens is 2. The van der Waals surface area contributed by atoms with Gasteiger partial charge in [0, 0.05) is 18.1 Å². The van der Waals surface area contributed by atoms with Gasteiger partial charge in [-0.3, -0.25) is 0 Å². The quantitative estimate of drug-likeness (QED) is 0.691. The Hall–Kier alpha value is -1.51. The summed E-state index contributed by atoms with van der Waals surface area (Å²) in [6, 6.07) is 3.45. The predicted molar refractivity (Wildman–Crippen MR) is 46.2 cm³/mol. The fourth-order valence-corrected chi connectivity index (χ4v) is 1.31. The molecule has 1 N–H and O–H groups in total. The average molecular weight is 162 g/mol. The Bertz CT molecular complexity index is 406. The Labute approximate surface area is 70.3 Å². The molecule has 3 nitrogen and oxygen atoms in total. The first-order chi connectivity index (χ1) is 5.83. The third-order valence-electron chi connectivity index (χ3n) is 1.95. The molecule has 0 atom stereocenters. The third kappa shape index (κ3) is 0.863. The highest BCUT2D eigenvalue weighted by Gasteiger charge is 2.03. The molecule has 62 valence electrons. The topological polar surface area (TPSA) is 37.5 Å². The van der Waals surface area contributed by atoms with E-state index in [1.165, 1.54) is 0 Å². The molecule has 3 heteroatoms. The van der Waals surface area contributed by atoms with Crippen LogP contribution in [0.15, 0.2) is 24.5 Å². The van der Waals surface area contributed by atoms with Gasteiger partial charge < -0.3 is 9.51 Å². The minimum atomic E-state index is 0.234. The lowest BCUT2D eigenvalue weighted by Gasteiger charge is -1.98. The van der Waals surface area contributed by atoms with Crippen molar-refractivity contribution in [3.05, 3.63) is 30.2 Å². The molecule has 0 radical (unpaired) electrons. The van der Waals surface area contributed by atoms with Crippen LogP contribution in [0.2, 0.25) is 0 Å². The molecule has 0 aliphatic heterocycles. The van der Waals surface area contributed by atoms with Crippen molar-refractivity contribution < 1.29 is 5.11 Å². The van der Waals surface area contributed by atoms with Crippen molar-refractivity contribution in [3.63, 3.8) is 0 Å². The van der Waals surface area contributed by atoms with Crippen molar-refractivity contribution in [1.82, 2.24) is 9.38 Å². The Morgan fingerprint density at radius 1 is 1.58 bits per heavy atom. The van der Waals surface area contributed by atoms with Gasteiger partial charge >= 0.3 is 0 Å². The summed E-state index contributed by atoms with van der Waals surface area (Å²) in [5.74, 6) is 0.234. The zero-order valence-electron chi connectivity index (χ0n) is 6.86. The van der Waals surface area contributed by atoms with Gasteiger partial charge in [-0.2, -0.15) is 0 Å². The van der Waals surface area contributed by atoms with E-state index >= 15 is 0 Å². The number of rotatable bonds is 1. The molecule has 0 fully saturated rings. The number of hydrogen-bond donors (Lipinski definition) is 1. The second-order valence-electron chi connectivity index (χ2n) is 2.69. The van der Waals surface area contributed by atoms with Crippen LogP contribution in [0.1, 0.15) is 12.6 Å². The zero-order chi connectivity index (χ0) is 8.55. The molecule has 0 saturated heterocycles. The van der Waals surface area contributed by atoms with E-state index in [2.05, 4.69) is 11.9 Å². The van der Waals surface area contributed by atoms with Crippen molar-refractivity contribution in [2.45, 2.75) is 13.3 Å². The summed E-state index contributed by atoms with van der Waals surface area (Å²) in [5, 5.41) is 9.40. The smallest absolute Gasteiger partial charge is 0.179 e. The van der Waals surface area contributed by atoms with Crippen LogP contribution in [-0.4, -0.2) is 14.5 Å². The van der Waals surface area contributed by atoms with Gasteiger partial charge in [0.25, 0.3) is 0 Å². The van der Waals surface area contributed by atoms with E-state index in [9.17, 15) is 5.11 Å². The number of aryl methyl sites for hydroxylation is 1. The van der Waals surface area contributed by atoms with E-state index < -0.39 is 0 Å². The van der Waals surface area contributed by atoms with Crippen LogP contribution < -0.4 is 0 Å². The van der Waals surface area contributed by atoms with Gasteiger partial charge in [-0.25, -0.2) is 4.98 Å². The maximum atomic E-state index is 9.40. The molecule has 0 aliphatic rings. The maximum Gasteiger partial charge on any atom is 0.179 e. The molecule has 0 spiro atoms. The average Bonchev–Trinajstić information content (AvgIpc) is 2.49. The molecule has 2 rings (SSSR count). The van der Waals surface area contributed by atoms with E-state index in [1.807, 2.05) is 16.7 Å². The Morgan fingerprint density at radius 3 is 3.17 bits per heavy atom. The number of imidazole rings is 1. The molecule has 0 saturated carbocycles. The highest BCUT2D eigenvalue weighted by Crippen LogP contribution is 2.17. The SMILES string of the molecule is CCc1cnc2c(O)cccn12. The summed E-state index contributed by atoms with van der Waals surface area (Å²) in [6.45, 7) is 2.06. The summed E-state index contributed by atoms with van der Waals surface area (Å²) >= 11 is 0. The van der Waals surface area contributed by atoms with E-state index in [-0.39, 0.29) is 5.75 Å². The first-order valence-electron chi connectivity index (χ1n) is 3.97. The van der Waals surface area contributed by atoms with Crippen molar-refractivity contribution in [3.8, 4) is 5.75 Å². The summed E-state index contributed by atoms with van der Waals surface area (Å²) in [7, 11) is 0. The van der Waals surface area contributed by atoms with Gasteiger partial charge in [-0.1, -0.05) is 6.92 Å². The minimum Gasteiger partial charge on any atom is -0.504 e. The fourth-order valence-electron chi connectivity index (χ4n) is 1.31. The second-order valence-corrected chi connectivity index (χ2v) is 2.69. The van der Waals surface area contributed by atoms with Crippen molar-refractivity contribution in [2.75, 3.05) is 0 Å². The third-order valence-corrected chi connectivity index (χ3v) is 1.95. The van der Waals surface area contributed by atoms with Gasteiger partial charge in [0.1, 0.15) is 0 Å². The van der Waals surface area contributed by atoms with Crippen molar-refractivity contribution in [2.24, 2.45) is 0 Å². The summed E-state index contributed by atoms with van der Waals surface area (Å²) in [6.07, 6.45) is 4.61. The Kier molecular flexibility index (Phi) is 1.50. The normalized spacial score (nSPS) is 10.8. The monoisotopic (exact) mass is 162 g/mol. The van der Waals surface area contributed by atoms with Gasteiger partial charge in [0.15, 0.2) is 11.4 Å². The van der Waals surface area contributed by atoms with Gasteiger partial charge in [-0.15, -0.1) is 0 Å². The Morgan fingerprint density at radius 2 is 2.42 bits per heavy atom. The number of fused-ring (bicyclic) bond motifs is 1. The van der Waals surface area contributed by atoms with Gasteiger partial charge in [0.2, 0.25) is 0 Å². The second kappa shape index (κ2) is 2.52. The first kappa shape index (κ1) is 7.16. The number of nitrogens with zero attached hydrogens (tertiary/aromatic N) is 2. The van der Waals surface area contributed by atoms with Crippen LogP contribution in [-0.2, 0) is 6.42 Å². The van der Waals surface area contributed by atoms with Crippen LogP contribution in [0.5, 0.6) is 5.75 Å². The van der Waals surface area contributed by atoms with E-state index in [4.69, 9.17) is 0 Å². The molecule has 0 bridgehead atoms. The standard InChI is InChI=1S/C9H10N2O/c1-2-7-6-10-9-8(12)4-3-5-11(7)9/h3-6,12H,2H2,1H3. The lowest BCUT2D eigenvalue weighted by molar-refractivity contribution is 0.477. The van der Waals surface area contributed by atoms with Crippen LogP contribution in [0.3, 0.4) is 0 Å². The number of pyridine rings is 1. The van der Waals surface area contributed by atoms with Crippen LogP contribution in [0.4, 0.5) is 0 Å². The van der Waals surface area contributed by atoms with Crippen molar-refractivity contribution in [1.29, 1.82) is 0 Å². The minimum absolute atomic E-state index is 0.234. The molecular weight excluding hydrogens is 152 g/mol. The fraction of sp³-hybridized carbons (Fsp3) is 0.222. The molecule has 0 unspecified atom stereocenters. The molecule has 0 aromatic carbocycles. The molecule has 2 heterocycles. The predicted octanol–water partition coefficient (Wildman–Crippen LogP) is 1.60. The zero-order valence-corrected chi connectivity index (χ0v) is 6.86. The Balaban J connectivity index is 2.80. The van der Waals surface area contributed by atoms with Gasteiger partial charge in [0.05, 0.1) is 0 Å². The first-order valence-corrected chi connectivity index (χ1v) is 3.97. The van der Waals surface area contributed by atoms with Gasteiger partial charge in [-0.05, 0) is 18.6 Å².